The van der Waals surface area contributed by atoms with Crippen LogP contribution in [0.5, 0.6) is 0 Å². The number of aryl methyl sites for hydroxylation is 2. The van der Waals surface area contributed by atoms with Gasteiger partial charge >= 0.3 is 0 Å². The largest absolute Gasteiger partial charge is 0.340 e. The highest BCUT2D eigenvalue weighted by Crippen LogP contribution is 2.13. The van der Waals surface area contributed by atoms with Crippen LogP contribution in [0.15, 0.2) is 12.5 Å². The third-order valence-corrected chi connectivity index (χ3v) is 2.96. The fraction of sp³-hybridized carbons (Fsp3) is 0.583. The summed E-state index contributed by atoms with van der Waals surface area (Å²) in [6.07, 6.45) is 7.03. The number of imidazole rings is 1. The van der Waals surface area contributed by atoms with Crippen LogP contribution in [0, 0.1) is 0 Å². The number of carbonyl (C=O) groups excluding carboxylic acids is 2. The molecule has 0 atom stereocenters. The first-order valence-electron chi connectivity index (χ1n) is 5.97. The molecule has 0 radical (unpaired) electrons. The second-order valence-corrected chi connectivity index (χ2v) is 4.43. The van der Waals surface area contributed by atoms with Gasteiger partial charge < -0.3 is 4.57 Å². The van der Waals surface area contributed by atoms with Crippen LogP contribution in [0.1, 0.15) is 31.4 Å². The van der Waals surface area contributed by atoms with Crippen molar-refractivity contribution in [2.45, 2.75) is 32.1 Å². The monoisotopic (exact) mass is 235 g/mol. The van der Waals surface area contributed by atoms with Gasteiger partial charge in [-0.3, -0.25) is 14.5 Å². The van der Waals surface area contributed by atoms with E-state index in [2.05, 4.69) is 4.98 Å². The lowest BCUT2D eigenvalue weighted by Gasteiger charge is -2.24. The molecule has 17 heavy (non-hydrogen) atoms. The highest BCUT2D eigenvalue weighted by atomic mass is 16.2. The molecule has 2 rings (SSSR count). The number of likely N-dealkylation sites (tertiary alicyclic amines) is 1. The Morgan fingerprint density at radius 3 is 2.59 bits per heavy atom. The molecule has 1 saturated heterocycles. The molecule has 0 N–H and O–H groups in total. The van der Waals surface area contributed by atoms with Crippen LogP contribution in [0.3, 0.4) is 0 Å². The van der Waals surface area contributed by atoms with Crippen molar-refractivity contribution in [3.05, 3.63) is 18.2 Å². The molecule has 0 aliphatic carbocycles. The maximum Gasteiger partial charge on any atom is 0.229 e. The minimum Gasteiger partial charge on any atom is -0.340 e. The third-order valence-electron chi connectivity index (χ3n) is 2.96. The Morgan fingerprint density at radius 2 is 2.00 bits per heavy atom. The van der Waals surface area contributed by atoms with Gasteiger partial charge in [0.25, 0.3) is 0 Å². The van der Waals surface area contributed by atoms with Gasteiger partial charge in [-0.1, -0.05) is 0 Å². The molecule has 2 heterocycles. The lowest BCUT2D eigenvalue weighted by atomic mass is 10.1. The van der Waals surface area contributed by atoms with E-state index >= 15 is 0 Å². The normalized spacial score (nSPS) is 16.6. The molecule has 1 aliphatic rings. The zero-order chi connectivity index (χ0) is 12.3. The van der Waals surface area contributed by atoms with Crippen molar-refractivity contribution in [2.24, 2.45) is 7.05 Å². The van der Waals surface area contributed by atoms with Gasteiger partial charge in [-0.15, -0.1) is 0 Å². The number of hydrogen-bond donors (Lipinski definition) is 0. The van der Waals surface area contributed by atoms with E-state index in [1.54, 1.807) is 6.33 Å². The van der Waals surface area contributed by atoms with Crippen LogP contribution in [0.25, 0.3) is 0 Å². The van der Waals surface area contributed by atoms with Gasteiger partial charge in [0.15, 0.2) is 0 Å². The minimum absolute atomic E-state index is 0.0257. The quantitative estimate of drug-likeness (QED) is 0.728. The molecule has 2 amide bonds. The number of imide groups is 1. The van der Waals surface area contributed by atoms with Crippen molar-refractivity contribution in [2.75, 3.05) is 6.54 Å². The van der Waals surface area contributed by atoms with Gasteiger partial charge in [-0.2, -0.15) is 0 Å². The van der Waals surface area contributed by atoms with E-state index in [0.29, 0.717) is 25.8 Å². The lowest BCUT2D eigenvalue weighted by Crippen LogP contribution is -2.40. The number of carbonyl (C=O) groups is 2. The highest BCUT2D eigenvalue weighted by Gasteiger charge is 2.24. The second kappa shape index (κ2) is 5.12. The van der Waals surface area contributed by atoms with Gasteiger partial charge in [0.2, 0.25) is 11.8 Å². The summed E-state index contributed by atoms with van der Waals surface area (Å²) in [6, 6.07) is 0. The average Bonchev–Trinajstić information content (AvgIpc) is 2.69. The van der Waals surface area contributed by atoms with Crippen LogP contribution in [0.4, 0.5) is 0 Å². The molecule has 1 aliphatic heterocycles. The molecule has 5 nitrogen and oxygen atoms in total. The molecule has 0 bridgehead atoms. The Kier molecular flexibility index (Phi) is 3.56. The molecule has 1 fully saturated rings. The second-order valence-electron chi connectivity index (χ2n) is 4.43. The molecule has 0 spiro atoms. The van der Waals surface area contributed by atoms with Crippen LogP contribution in [0.2, 0.25) is 0 Å². The molecule has 92 valence electrons. The first-order valence-corrected chi connectivity index (χ1v) is 5.97. The maximum atomic E-state index is 11.5. The van der Waals surface area contributed by atoms with E-state index in [0.717, 1.165) is 18.5 Å². The van der Waals surface area contributed by atoms with Crippen LogP contribution >= 0.6 is 0 Å². The molecule has 0 aromatic carbocycles. The minimum atomic E-state index is -0.0257. The predicted molar refractivity (Wildman–Crippen MR) is 62.1 cm³/mol. The number of amides is 2. The Balaban J connectivity index is 1.81. The maximum absolute atomic E-state index is 11.5. The number of hydrogen-bond acceptors (Lipinski definition) is 3. The SMILES string of the molecule is Cn1cnc(CCCN2C(=O)CCCC2=O)c1. The van der Waals surface area contributed by atoms with Gasteiger partial charge in [0.05, 0.1) is 12.0 Å². The lowest BCUT2D eigenvalue weighted by molar-refractivity contribution is -0.147. The van der Waals surface area contributed by atoms with Gasteiger partial charge in [0, 0.05) is 32.6 Å². The third kappa shape index (κ3) is 2.93. The van der Waals surface area contributed by atoms with Crippen LogP contribution in [-0.2, 0) is 23.1 Å². The summed E-state index contributed by atoms with van der Waals surface area (Å²) in [4.78, 5) is 28.7. The fourth-order valence-electron chi connectivity index (χ4n) is 2.06. The zero-order valence-corrected chi connectivity index (χ0v) is 10.1. The van der Waals surface area contributed by atoms with Crippen LogP contribution < -0.4 is 0 Å². The molecule has 1 aromatic rings. The molecule has 0 saturated carbocycles. The van der Waals surface area contributed by atoms with Gasteiger partial charge in [-0.05, 0) is 19.3 Å². The van der Waals surface area contributed by atoms with Crippen molar-refractivity contribution in [1.82, 2.24) is 14.5 Å². The summed E-state index contributed by atoms with van der Waals surface area (Å²) < 4.78 is 1.90. The van der Waals surface area contributed by atoms with E-state index in [-0.39, 0.29) is 11.8 Å². The van der Waals surface area contributed by atoms with E-state index in [1.807, 2.05) is 17.8 Å². The summed E-state index contributed by atoms with van der Waals surface area (Å²) in [5, 5.41) is 0. The van der Waals surface area contributed by atoms with E-state index < -0.39 is 0 Å². The Labute approximate surface area is 100 Å². The Bertz CT molecular complexity index is 409. The van der Waals surface area contributed by atoms with Crippen molar-refractivity contribution in [3.63, 3.8) is 0 Å². The summed E-state index contributed by atoms with van der Waals surface area (Å²) in [7, 11) is 1.92. The Hall–Kier alpha value is -1.65. The summed E-state index contributed by atoms with van der Waals surface area (Å²) in [5.74, 6) is -0.0514. The topological polar surface area (TPSA) is 55.2 Å². The van der Waals surface area contributed by atoms with Crippen molar-refractivity contribution in [3.8, 4) is 0 Å². The predicted octanol–water partition coefficient (Wildman–Crippen LogP) is 0.892. The van der Waals surface area contributed by atoms with E-state index in [1.165, 1.54) is 4.90 Å². The number of nitrogens with zero attached hydrogens (tertiary/aromatic N) is 3. The zero-order valence-electron chi connectivity index (χ0n) is 10.1. The van der Waals surface area contributed by atoms with Gasteiger partial charge in [-0.25, -0.2) is 4.98 Å². The summed E-state index contributed by atoms with van der Waals surface area (Å²) >= 11 is 0. The van der Waals surface area contributed by atoms with Crippen molar-refractivity contribution in [1.29, 1.82) is 0 Å². The number of aromatic nitrogens is 2. The molecule has 1 aromatic heterocycles. The highest BCUT2D eigenvalue weighted by molar-refractivity contribution is 5.97. The van der Waals surface area contributed by atoms with E-state index in [4.69, 9.17) is 0 Å². The smallest absolute Gasteiger partial charge is 0.229 e. The van der Waals surface area contributed by atoms with Crippen LogP contribution in [-0.4, -0.2) is 32.8 Å². The molecular formula is C12H17N3O2. The summed E-state index contributed by atoms with van der Waals surface area (Å²) in [6.45, 7) is 0.522. The Morgan fingerprint density at radius 1 is 1.29 bits per heavy atom. The number of piperidine rings is 1. The first kappa shape index (κ1) is 11.8. The molecular weight excluding hydrogens is 218 g/mol. The number of rotatable bonds is 4. The van der Waals surface area contributed by atoms with Crippen molar-refractivity contribution < 1.29 is 9.59 Å². The molecule has 0 unspecified atom stereocenters. The first-order chi connectivity index (χ1) is 8.16. The molecule has 5 heteroatoms. The van der Waals surface area contributed by atoms with Gasteiger partial charge in [0.1, 0.15) is 0 Å². The van der Waals surface area contributed by atoms with E-state index in [9.17, 15) is 9.59 Å². The summed E-state index contributed by atoms with van der Waals surface area (Å²) in [5.41, 5.74) is 1.00. The van der Waals surface area contributed by atoms with Crippen molar-refractivity contribution >= 4 is 11.8 Å². The standard InChI is InChI=1S/C12H17N3O2/c1-14-8-10(13-9-14)4-3-7-15-11(16)5-2-6-12(15)17/h8-9H,2-7H2,1H3. The average molecular weight is 235 g/mol. The fourth-order valence-corrected chi connectivity index (χ4v) is 2.06.